The minimum atomic E-state index is -2.81. The van der Waals surface area contributed by atoms with Crippen molar-refractivity contribution in [3.05, 3.63) is 23.8 Å². The molecule has 2 heterocycles. The third-order valence-corrected chi connectivity index (χ3v) is 3.91. The molecule has 0 bridgehead atoms. The number of carbonyl (C=O) groups is 1. The molecule has 1 aromatic carbocycles. The van der Waals surface area contributed by atoms with Crippen LogP contribution in [-0.4, -0.2) is 42.7 Å². The van der Waals surface area contributed by atoms with Gasteiger partial charge >= 0.3 is 0 Å². The van der Waals surface area contributed by atoms with Gasteiger partial charge in [-0.15, -0.1) is 12.4 Å². The van der Waals surface area contributed by atoms with E-state index in [0.29, 0.717) is 24.6 Å². The number of ether oxygens (including phenoxy) is 2. The van der Waals surface area contributed by atoms with Gasteiger partial charge in [0.15, 0.2) is 11.5 Å². The number of alkyl halides is 2. The molecule has 0 spiro atoms. The van der Waals surface area contributed by atoms with E-state index in [1.54, 1.807) is 11.0 Å². The lowest BCUT2D eigenvalue weighted by Crippen LogP contribution is -2.43. The van der Waals surface area contributed by atoms with Crippen molar-refractivity contribution in [2.45, 2.75) is 31.9 Å². The second kappa shape index (κ2) is 6.88. The molecule has 1 aromatic rings. The van der Waals surface area contributed by atoms with E-state index in [1.807, 2.05) is 19.1 Å². The Labute approximate surface area is 139 Å². The molecule has 1 N–H and O–H groups in total. The van der Waals surface area contributed by atoms with E-state index in [0.717, 1.165) is 5.56 Å². The van der Waals surface area contributed by atoms with Crippen molar-refractivity contribution in [1.29, 1.82) is 0 Å². The van der Waals surface area contributed by atoms with Gasteiger partial charge in [0.2, 0.25) is 12.7 Å². The van der Waals surface area contributed by atoms with Crippen LogP contribution in [0.1, 0.15) is 18.9 Å². The summed E-state index contributed by atoms with van der Waals surface area (Å²) in [5.74, 6) is -1.78. The lowest BCUT2D eigenvalue weighted by Gasteiger charge is -2.24. The zero-order valence-electron chi connectivity index (χ0n) is 12.7. The number of benzene rings is 1. The summed E-state index contributed by atoms with van der Waals surface area (Å²) in [7, 11) is 0. The SMILES string of the molecule is CCN(Cc1ccc2c(c1)OCO2)C(=O)C1CC(F)(F)CN1.Cl. The second-order valence-electron chi connectivity index (χ2n) is 5.53. The van der Waals surface area contributed by atoms with E-state index in [4.69, 9.17) is 9.47 Å². The Kier molecular flexibility index (Phi) is 5.31. The molecule has 128 valence electrons. The molecular weight excluding hydrogens is 330 g/mol. The number of hydrogen-bond acceptors (Lipinski definition) is 4. The number of halogens is 3. The molecule has 1 saturated heterocycles. The van der Waals surface area contributed by atoms with Gasteiger partial charge in [-0.3, -0.25) is 10.1 Å². The Balaban J connectivity index is 0.00000192. The Morgan fingerprint density at radius 3 is 2.78 bits per heavy atom. The third-order valence-electron chi connectivity index (χ3n) is 3.91. The lowest BCUT2D eigenvalue weighted by atomic mass is 10.1. The smallest absolute Gasteiger partial charge is 0.262 e. The average Bonchev–Trinajstić information content (AvgIpc) is 3.09. The summed E-state index contributed by atoms with van der Waals surface area (Å²) in [4.78, 5) is 13.9. The highest BCUT2D eigenvalue weighted by Gasteiger charge is 2.43. The van der Waals surface area contributed by atoms with Gasteiger partial charge < -0.3 is 14.4 Å². The van der Waals surface area contributed by atoms with Crippen molar-refractivity contribution < 1.29 is 23.0 Å². The van der Waals surface area contributed by atoms with E-state index < -0.39 is 24.9 Å². The van der Waals surface area contributed by atoms with Crippen molar-refractivity contribution in [3.8, 4) is 11.5 Å². The van der Waals surface area contributed by atoms with Gasteiger partial charge in [0.1, 0.15) is 0 Å². The van der Waals surface area contributed by atoms with Crippen LogP contribution < -0.4 is 14.8 Å². The molecule has 2 aliphatic heterocycles. The van der Waals surface area contributed by atoms with Gasteiger partial charge in [0, 0.05) is 19.5 Å². The molecule has 0 radical (unpaired) electrons. The first-order valence-electron chi connectivity index (χ1n) is 7.27. The average molecular weight is 349 g/mol. The van der Waals surface area contributed by atoms with Gasteiger partial charge in [-0.25, -0.2) is 8.78 Å². The maximum Gasteiger partial charge on any atom is 0.262 e. The fraction of sp³-hybridized carbons (Fsp3) is 0.533. The van der Waals surface area contributed by atoms with Crippen LogP contribution in [0.2, 0.25) is 0 Å². The largest absolute Gasteiger partial charge is 0.454 e. The first-order valence-corrected chi connectivity index (χ1v) is 7.27. The summed E-state index contributed by atoms with van der Waals surface area (Å²) < 4.78 is 37.0. The highest BCUT2D eigenvalue weighted by Crippen LogP contribution is 2.33. The van der Waals surface area contributed by atoms with E-state index in [2.05, 4.69) is 5.32 Å². The van der Waals surface area contributed by atoms with Crippen molar-refractivity contribution in [3.63, 3.8) is 0 Å². The molecule has 0 aliphatic carbocycles. The summed E-state index contributed by atoms with van der Waals surface area (Å²) >= 11 is 0. The second-order valence-corrected chi connectivity index (χ2v) is 5.53. The minimum Gasteiger partial charge on any atom is -0.454 e. The van der Waals surface area contributed by atoms with Gasteiger partial charge in [0.05, 0.1) is 12.6 Å². The maximum atomic E-state index is 13.2. The Bertz CT molecular complexity index is 586. The summed E-state index contributed by atoms with van der Waals surface area (Å²) in [6.07, 6.45) is -0.441. The van der Waals surface area contributed by atoms with Crippen molar-refractivity contribution in [2.24, 2.45) is 0 Å². The normalized spacial score (nSPS) is 20.9. The Hall–Kier alpha value is -1.60. The number of fused-ring (bicyclic) bond motifs is 1. The van der Waals surface area contributed by atoms with Gasteiger partial charge in [0.25, 0.3) is 5.92 Å². The van der Waals surface area contributed by atoms with Crippen LogP contribution in [0.5, 0.6) is 11.5 Å². The molecule has 8 heteroatoms. The maximum absolute atomic E-state index is 13.2. The molecular formula is C15H19ClF2N2O3. The molecule has 23 heavy (non-hydrogen) atoms. The van der Waals surface area contributed by atoms with Crippen LogP contribution in [0, 0.1) is 0 Å². The Morgan fingerprint density at radius 1 is 1.39 bits per heavy atom. The number of carbonyl (C=O) groups excluding carboxylic acids is 1. The minimum absolute atomic E-state index is 0. The number of amides is 1. The van der Waals surface area contributed by atoms with Crippen LogP contribution in [0.15, 0.2) is 18.2 Å². The lowest BCUT2D eigenvalue weighted by molar-refractivity contribution is -0.134. The van der Waals surface area contributed by atoms with Crippen LogP contribution >= 0.6 is 12.4 Å². The topological polar surface area (TPSA) is 50.8 Å². The zero-order valence-corrected chi connectivity index (χ0v) is 13.5. The van der Waals surface area contributed by atoms with E-state index in [1.165, 1.54) is 0 Å². The highest BCUT2D eigenvalue weighted by molar-refractivity contribution is 5.85. The summed E-state index contributed by atoms with van der Waals surface area (Å²) in [5, 5.41) is 2.60. The summed E-state index contributed by atoms with van der Waals surface area (Å²) in [5.41, 5.74) is 0.879. The summed E-state index contributed by atoms with van der Waals surface area (Å²) in [6, 6.07) is 4.64. The first-order chi connectivity index (χ1) is 10.5. The van der Waals surface area contributed by atoms with Crippen molar-refractivity contribution >= 4 is 18.3 Å². The quantitative estimate of drug-likeness (QED) is 0.906. The first kappa shape index (κ1) is 17.7. The highest BCUT2D eigenvalue weighted by atomic mass is 35.5. The zero-order chi connectivity index (χ0) is 15.7. The van der Waals surface area contributed by atoms with Crippen molar-refractivity contribution in [2.75, 3.05) is 19.9 Å². The molecule has 1 atom stereocenters. The molecule has 5 nitrogen and oxygen atoms in total. The fourth-order valence-corrected chi connectivity index (χ4v) is 2.72. The van der Waals surface area contributed by atoms with Crippen LogP contribution in [0.3, 0.4) is 0 Å². The molecule has 1 fully saturated rings. The molecule has 1 unspecified atom stereocenters. The third kappa shape index (κ3) is 3.84. The van der Waals surface area contributed by atoms with Crippen molar-refractivity contribution in [1.82, 2.24) is 10.2 Å². The number of nitrogens with one attached hydrogen (secondary N) is 1. The van der Waals surface area contributed by atoms with E-state index in [9.17, 15) is 13.6 Å². The van der Waals surface area contributed by atoms with Crippen LogP contribution in [-0.2, 0) is 11.3 Å². The predicted octanol–water partition coefficient (Wildman–Crippen LogP) is 2.18. The van der Waals surface area contributed by atoms with Crippen LogP contribution in [0.25, 0.3) is 0 Å². The number of likely N-dealkylation sites (N-methyl/N-ethyl adjacent to an activating group) is 1. The number of nitrogens with zero attached hydrogens (tertiary/aromatic N) is 1. The molecule has 2 aliphatic rings. The molecule has 1 amide bonds. The van der Waals surface area contributed by atoms with Gasteiger partial charge in [-0.05, 0) is 24.6 Å². The van der Waals surface area contributed by atoms with Crippen LogP contribution in [0.4, 0.5) is 8.78 Å². The Morgan fingerprint density at radius 2 is 2.13 bits per heavy atom. The predicted molar refractivity (Wildman–Crippen MR) is 82.3 cm³/mol. The van der Waals surface area contributed by atoms with E-state index >= 15 is 0 Å². The molecule has 3 rings (SSSR count). The number of rotatable bonds is 4. The monoisotopic (exact) mass is 348 g/mol. The molecule has 0 aromatic heterocycles. The van der Waals surface area contributed by atoms with E-state index in [-0.39, 0.29) is 25.1 Å². The van der Waals surface area contributed by atoms with Gasteiger partial charge in [-0.2, -0.15) is 0 Å². The fourth-order valence-electron chi connectivity index (χ4n) is 2.72. The number of hydrogen-bond donors (Lipinski definition) is 1. The standard InChI is InChI=1S/C15H18F2N2O3.ClH/c1-2-19(14(20)11-6-15(16,17)8-18-11)7-10-3-4-12-13(5-10)22-9-21-12;/h3-5,11,18H,2,6-9H2,1H3;1H. The summed E-state index contributed by atoms with van der Waals surface area (Å²) in [6.45, 7) is 2.39. The molecule has 0 saturated carbocycles. The van der Waals surface area contributed by atoms with Gasteiger partial charge in [-0.1, -0.05) is 6.07 Å².